The first-order valence-corrected chi connectivity index (χ1v) is 10.1. The van der Waals surface area contributed by atoms with E-state index in [1.807, 2.05) is 6.08 Å². The summed E-state index contributed by atoms with van der Waals surface area (Å²) < 4.78 is 40.9. The largest absolute Gasteiger partial charge is 0.487 e. The number of halogens is 2. The van der Waals surface area contributed by atoms with Gasteiger partial charge in [-0.1, -0.05) is 45.6 Å². The topological polar surface area (TPSA) is 18.5 Å². The highest BCUT2D eigenvalue weighted by Gasteiger charge is 2.28. The third-order valence-corrected chi connectivity index (χ3v) is 5.45. The van der Waals surface area contributed by atoms with Crippen LogP contribution in [-0.2, 0) is 11.2 Å². The van der Waals surface area contributed by atoms with Gasteiger partial charge in [-0.05, 0) is 49.3 Å². The van der Waals surface area contributed by atoms with Crippen LogP contribution in [0, 0.1) is 11.6 Å². The first kappa shape index (κ1) is 19.3. The van der Waals surface area contributed by atoms with Gasteiger partial charge in [-0.15, -0.1) is 0 Å². The predicted octanol–water partition coefficient (Wildman–Crippen LogP) is 6.21. The second-order valence-corrected chi connectivity index (χ2v) is 7.50. The molecule has 4 heteroatoms. The molecule has 0 aromatic heterocycles. The highest BCUT2D eigenvalue weighted by Crippen LogP contribution is 2.37. The summed E-state index contributed by atoms with van der Waals surface area (Å²) in [5.74, 6) is -1.53. The minimum absolute atomic E-state index is 0.00615. The fraction of sp³-hybridized carbons (Fsp3) is 0.636. The molecule has 2 heterocycles. The number of rotatable bonds is 7. The van der Waals surface area contributed by atoms with Gasteiger partial charge in [-0.2, -0.15) is 4.39 Å². The van der Waals surface area contributed by atoms with Crippen molar-refractivity contribution < 1.29 is 18.3 Å². The fourth-order valence-corrected chi connectivity index (χ4v) is 3.90. The Balaban J connectivity index is 1.75. The first-order chi connectivity index (χ1) is 12.6. The van der Waals surface area contributed by atoms with E-state index in [4.69, 9.17) is 9.47 Å². The molecule has 2 aliphatic rings. The van der Waals surface area contributed by atoms with Crippen molar-refractivity contribution >= 4 is 5.57 Å². The van der Waals surface area contributed by atoms with Crippen molar-refractivity contribution in [2.45, 2.75) is 83.8 Å². The van der Waals surface area contributed by atoms with Crippen molar-refractivity contribution in [2.24, 2.45) is 0 Å². The third kappa shape index (κ3) is 4.28. The quantitative estimate of drug-likeness (QED) is 0.535. The van der Waals surface area contributed by atoms with E-state index >= 15 is 0 Å². The minimum Gasteiger partial charge on any atom is -0.487 e. The molecule has 0 radical (unpaired) electrons. The first-order valence-electron chi connectivity index (χ1n) is 10.1. The molecule has 3 rings (SSSR count). The van der Waals surface area contributed by atoms with Crippen molar-refractivity contribution in [3.8, 4) is 5.75 Å². The molecule has 0 fully saturated rings. The number of ether oxygens (including phenoxy) is 2. The summed E-state index contributed by atoms with van der Waals surface area (Å²) in [6.07, 6.45) is 11.0. The molecule has 0 saturated carbocycles. The SMILES string of the molecule is CCCCCC1CC=C(c2cc3c(c(F)c2F)OC(CCC)CC3)CO1. The lowest BCUT2D eigenvalue weighted by molar-refractivity contribution is 0.0644. The lowest BCUT2D eigenvalue weighted by Gasteiger charge is -2.28. The number of aryl methyl sites for hydroxylation is 1. The number of benzene rings is 1. The van der Waals surface area contributed by atoms with Gasteiger partial charge in [0.1, 0.15) is 0 Å². The van der Waals surface area contributed by atoms with Gasteiger partial charge in [0.05, 0.1) is 18.8 Å². The molecule has 0 saturated heterocycles. The zero-order valence-corrected chi connectivity index (χ0v) is 16.0. The Kier molecular flexibility index (Phi) is 6.68. The number of unbranched alkanes of at least 4 members (excludes halogenated alkanes) is 2. The Hall–Kier alpha value is -1.42. The molecule has 26 heavy (non-hydrogen) atoms. The van der Waals surface area contributed by atoms with Crippen LogP contribution in [0.4, 0.5) is 8.78 Å². The Morgan fingerprint density at radius 2 is 1.88 bits per heavy atom. The van der Waals surface area contributed by atoms with Crippen LogP contribution >= 0.6 is 0 Å². The Morgan fingerprint density at radius 1 is 1.04 bits per heavy atom. The van der Waals surface area contributed by atoms with Gasteiger partial charge < -0.3 is 9.47 Å². The van der Waals surface area contributed by atoms with E-state index in [0.717, 1.165) is 56.1 Å². The summed E-state index contributed by atoms with van der Waals surface area (Å²) in [7, 11) is 0. The average Bonchev–Trinajstić information content (AvgIpc) is 2.66. The molecule has 2 atom stereocenters. The Bertz CT molecular complexity index is 654. The lowest BCUT2D eigenvalue weighted by atomic mass is 9.93. The molecule has 1 aromatic rings. The van der Waals surface area contributed by atoms with Gasteiger partial charge in [0.25, 0.3) is 0 Å². The summed E-state index contributed by atoms with van der Waals surface area (Å²) in [6, 6.07) is 1.77. The summed E-state index contributed by atoms with van der Waals surface area (Å²) >= 11 is 0. The summed E-state index contributed by atoms with van der Waals surface area (Å²) in [4.78, 5) is 0. The summed E-state index contributed by atoms with van der Waals surface area (Å²) in [5, 5.41) is 0. The van der Waals surface area contributed by atoms with Gasteiger partial charge in [0, 0.05) is 5.56 Å². The van der Waals surface area contributed by atoms with Crippen LogP contribution < -0.4 is 4.74 Å². The van der Waals surface area contributed by atoms with Crippen molar-refractivity contribution in [2.75, 3.05) is 6.61 Å². The van der Waals surface area contributed by atoms with E-state index in [0.29, 0.717) is 12.2 Å². The van der Waals surface area contributed by atoms with Crippen molar-refractivity contribution in [1.82, 2.24) is 0 Å². The average molecular weight is 364 g/mol. The van der Waals surface area contributed by atoms with E-state index < -0.39 is 11.6 Å². The van der Waals surface area contributed by atoms with E-state index in [1.54, 1.807) is 6.07 Å². The molecule has 0 N–H and O–H groups in total. The van der Waals surface area contributed by atoms with E-state index in [-0.39, 0.29) is 18.0 Å². The molecule has 2 nitrogen and oxygen atoms in total. The minimum atomic E-state index is -0.843. The summed E-state index contributed by atoms with van der Waals surface area (Å²) in [5.41, 5.74) is 1.87. The van der Waals surface area contributed by atoms with Crippen LogP contribution in [0.2, 0.25) is 0 Å². The molecule has 0 amide bonds. The Labute approximate surface area is 155 Å². The smallest absolute Gasteiger partial charge is 0.201 e. The van der Waals surface area contributed by atoms with Crippen LogP contribution in [0.15, 0.2) is 12.1 Å². The standard InChI is InChI=1S/C22H30F2O2/c1-3-5-6-8-17-11-10-16(14-25-17)19-13-15-9-12-18(7-4-2)26-22(15)21(24)20(19)23/h10,13,17-18H,3-9,11-12,14H2,1-2H3. The van der Waals surface area contributed by atoms with E-state index in [2.05, 4.69) is 13.8 Å². The highest BCUT2D eigenvalue weighted by atomic mass is 19.2. The number of hydrogen-bond acceptors (Lipinski definition) is 2. The zero-order valence-electron chi connectivity index (χ0n) is 16.0. The normalized spacial score (nSPS) is 22.5. The Morgan fingerprint density at radius 3 is 2.58 bits per heavy atom. The van der Waals surface area contributed by atoms with Crippen LogP contribution in [0.25, 0.3) is 5.57 Å². The molecular weight excluding hydrogens is 334 g/mol. The molecule has 0 aliphatic carbocycles. The van der Waals surface area contributed by atoms with Gasteiger partial charge >= 0.3 is 0 Å². The van der Waals surface area contributed by atoms with Crippen molar-refractivity contribution in [1.29, 1.82) is 0 Å². The van der Waals surface area contributed by atoms with Crippen LogP contribution in [0.3, 0.4) is 0 Å². The van der Waals surface area contributed by atoms with E-state index in [1.165, 1.54) is 12.8 Å². The van der Waals surface area contributed by atoms with Crippen molar-refractivity contribution in [3.05, 3.63) is 34.9 Å². The zero-order chi connectivity index (χ0) is 18.5. The predicted molar refractivity (Wildman–Crippen MR) is 100 cm³/mol. The second-order valence-electron chi connectivity index (χ2n) is 7.50. The van der Waals surface area contributed by atoms with Gasteiger partial charge in [0.2, 0.25) is 5.82 Å². The van der Waals surface area contributed by atoms with Crippen LogP contribution in [0.5, 0.6) is 5.75 Å². The maximum absolute atomic E-state index is 14.7. The summed E-state index contributed by atoms with van der Waals surface area (Å²) in [6.45, 7) is 4.61. The highest BCUT2D eigenvalue weighted by molar-refractivity contribution is 5.69. The fourth-order valence-electron chi connectivity index (χ4n) is 3.90. The molecule has 2 aliphatic heterocycles. The van der Waals surface area contributed by atoms with E-state index in [9.17, 15) is 8.78 Å². The molecule has 2 unspecified atom stereocenters. The second kappa shape index (κ2) is 8.98. The van der Waals surface area contributed by atoms with Crippen LogP contribution in [-0.4, -0.2) is 18.8 Å². The van der Waals surface area contributed by atoms with Crippen molar-refractivity contribution in [3.63, 3.8) is 0 Å². The van der Waals surface area contributed by atoms with Crippen LogP contribution in [0.1, 0.15) is 76.3 Å². The molecule has 1 aromatic carbocycles. The number of fused-ring (bicyclic) bond motifs is 1. The molecule has 144 valence electrons. The third-order valence-electron chi connectivity index (χ3n) is 5.45. The van der Waals surface area contributed by atoms with Gasteiger partial charge in [-0.3, -0.25) is 0 Å². The monoisotopic (exact) mass is 364 g/mol. The lowest BCUT2D eigenvalue weighted by Crippen LogP contribution is -2.24. The molecular formula is C22H30F2O2. The number of hydrogen-bond donors (Lipinski definition) is 0. The maximum Gasteiger partial charge on any atom is 0.201 e. The van der Waals surface area contributed by atoms with Gasteiger partial charge in [-0.25, -0.2) is 4.39 Å². The molecule has 0 spiro atoms. The molecule has 0 bridgehead atoms. The van der Waals surface area contributed by atoms with Gasteiger partial charge in [0.15, 0.2) is 11.6 Å². The maximum atomic E-state index is 14.7.